The maximum atomic E-state index is 12.5. The molecule has 0 spiro atoms. The molecular formula is C18H20N2O3. The first-order valence-electron chi connectivity index (χ1n) is 7.60. The van der Waals surface area contributed by atoms with Crippen LogP contribution in [0.5, 0.6) is 5.75 Å². The van der Waals surface area contributed by atoms with Gasteiger partial charge in [-0.25, -0.2) is 4.98 Å². The minimum Gasteiger partial charge on any atom is -0.496 e. The van der Waals surface area contributed by atoms with Crippen LogP contribution in [0, 0.1) is 13.8 Å². The number of oxazole rings is 1. The van der Waals surface area contributed by atoms with E-state index in [-0.39, 0.29) is 11.3 Å². The summed E-state index contributed by atoms with van der Waals surface area (Å²) in [7, 11) is 1.62. The molecule has 120 valence electrons. The second-order valence-electron chi connectivity index (χ2n) is 5.97. The molecule has 0 unspecified atom stereocenters. The highest BCUT2D eigenvalue weighted by atomic mass is 16.5. The number of hydrogen-bond donors (Lipinski definition) is 1. The quantitative estimate of drug-likeness (QED) is 0.795. The van der Waals surface area contributed by atoms with Gasteiger partial charge in [-0.15, -0.1) is 0 Å². The number of aromatic nitrogens is 2. The molecular weight excluding hydrogens is 292 g/mol. The molecule has 1 N–H and O–H groups in total. The fourth-order valence-corrected chi connectivity index (χ4v) is 2.70. The topological polar surface area (TPSA) is 68.1 Å². The number of aryl methyl sites for hydroxylation is 2. The molecule has 0 bridgehead atoms. The number of H-pyrrole nitrogens is 1. The van der Waals surface area contributed by atoms with Crippen LogP contribution in [0.3, 0.4) is 0 Å². The van der Waals surface area contributed by atoms with E-state index in [2.05, 4.69) is 9.97 Å². The minimum atomic E-state index is -0.0481. The molecule has 0 saturated heterocycles. The fraction of sp³-hybridized carbons (Fsp3) is 0.333. The SMILES string of the molecule is COc1ccc2c(=O)cc(-c3nc(C(C)C)oc3C)[nH]c2c1C. The van der Waals surface area contributed by atoms with Gasteiger partial charge in [0.1, 0.15) is 17.2 Å². The van der Waals surface area contributed by atoms with Crippen LogP contribution >= 0.6 is 0 Å². The first-order valence-corrected chi connectivity index (χ1v) is 7.60. The van der Waals surface area contributed by atoms with Gasteiger partial charge >= 0.3 is 0 Å². The van der Waals surface area contributed by atoms with E-state index in [1.54, 1.807) is 19.2 Å². The second-order valence-corrected chi connectivity index (χ2v) is 5.97. The molecule has 0 saturated carbocycles. The van der Waals surface area contributed by atoms with Crippen molar-refractivity contribution in [2.75, 3.05) is 7.11 Å². The summed E-state index contributed by atoms with van der Waals surface area (Å²) >= 11 is 0. The highest BCUT2D eigenvalue weighted by Gasteiger charge is 2.16. The van der Waals surface area contributed by atoms with Gasteiger partial charge in [-0.05, 0) is 26.0 Å². The third-order valence-corrected chi connectivity index (χ3v) is 4.00. The molecule has 1 aromatic carbocycles. The summed E-state index contributed by atoms with van der Waals surface area (Å²) in [4.78, 5) is 20.3. The van der Waals surface area contributed by atoms with Gasteiger partial charge in [0, 0.05) is 22.9 Å². The Morgan fingerprint density at radius 2 is 2.00 bits per heavy atom. The summed E-state index contributed by atoms with van der Waals surface area (Å²) in [5.41, 5.74) is 2.95. The molecule has 0 atom stereocenters. The zero-order chi connectivity index (χ0) is 16.7. The number of aromatic amines is 1. The summed E-state index contributed by atoms with van der Waals surface area (Å²) in [5, 5.41) is 0.636. The van der Waals surface area contributed by atoms with Gasteiger partial charge < -0.3 is 14.1 Å². The van der Waals surface area contributed by atoms with Crippen molar-refractivity contribution in [3.8, 4) is 17.1 Å². The number of rotatable bonds is 3. The van der Waals surface area contributed by atoms with E-state index >= 15 is 0 Å². The minimum absolute atomic E-state index is 0.0481. The van der Waals surface area contributed by atoms with E-state index in [0.717, 1.165) is 16.8 Å². The second kappa shape index (κ2) is 5.57. The Labute approximate surface area is 134 Å². The van der Waals surface area contributed by atoms with Gasteiger partial charge in [-0.1, -0.05) is 13.8 Å². The summed E-state index contributed by atoms with van der Waals surface area (Å²) in [6.45, 7) is 7.83. The van der Waals surface area contributed by atoms with Crippen molar-refractivity contribution >= 4 is 10.9 Å². The first-order chi connectivity index (χ1) is 10.9. The van der Waals surface area contributed by atoms with Crippen LogP contribution in [0.25, 0.3) is 22.3 Å². The largest absolute Gasteiger partial charge is 0.496 e. The van der Waals surface area contributed by atoms with Crippen molar-refractivity contribution in [2.24, 2.45) is 0 Å². The molecule has 23 heavy (non-hydrogen) atoms. The monoisotopic (exact) mass is 312 g/mol. The smallest absolute Gasteiger partial charge is 0.197 e. The van der Waals surface area contributed by atoms with Crippen LogP contribution in [-0.2, 0) is 0 Å². The molecule has 0 aliphatic rings. The third kappa shape index (κ3) is 2.52. The van der Waals surface area contributed by atoms with Gasteiger partial charge in [-0.3, -0.25) is 4.79 Å². The van der Waals surface area contributed by atoms with Crippen LogP contribution in [0.15, 0.2) is 27.4 Å². The van der Waals surface area contributed by atoms with E-state index < -0.39 is 0 Å². The van der Waals surface area contributed by atoms with Crippen molar-refractivity contribution in [1.29, 1.82) is 0 Å². The van der Waals surface area contributed by atoms with Gasteiger partial charge in [-0.2, -0.15) is 0 Å². The van der Waals surface area contributed by atoms with Crippen molar-refractivity contribution in [2.45, 2.75) is 33.6 Å². The first kappa shape index (κ1) is 15.3. The molecule has 3 aromatic rings. The Morgan fingerprint density at radius 3 is 2.61 bits per heavy atom. The number of nitrogens with one attached hydrogen (secondary N) is 1. The van der Waals surface area contributed by atoms with Crippen molar-refractivity contribution < 1.29 is 9.15 Å². The maximum absolute atomic E-state index is 12.5. The fourth-order valence-electron chi connectivity index (χ4n) is 2.70. The predicted octanol–water partition coefficient (Wildman–Crippen LogP) is 3.93. The number of fused-ring (bicyclic) bond motifs is 1. The standard InChI is InChI=1S/C18H20N2O3/c1-9(2)18-20-17(11(4)23-18)13-8-14(21)12-6-7-15(22-5)10(3)16(12)19-13/h6-9H,1-5H3,(H,19,21). The van der Waals surface area contributed by atoms with Crippen LogP contribution in [0.2, 0.25) is 0 Å². The molecule has 5 heteroatoms. The Bertz CT molecular complexity index is 935. The average molecular weight is 312 g/mol. The molecule has 0 radical (unpaired) electrons. The Morgan fingerprint density at radius 1 is 1.26 bits per heavy atom. The summed E-state index contributed by atoms with van der Waals surface area (Å²) < 4.78 is 11.0. The van der Waals surface area contributed by atoms with Crippen LogP contribution in [0.4, 0.5) is 0 Å². The molecule has 5 nitrogen and oxygen atoms in total. The number of pyridine rings is 1. The summed E-state index contributed by atoms with van der Waals surface area (Å²) in [6.07, 6.45) is 0. The molecule has 3 rings (SSSR count). The lowest BCUT2D eigenvalue weighted by molar-refractivity contribution is 0.412. The zero-order valence-electron chi connectivity index (χ0n) is 14.0. The van der Waals surface area contributed by atoms with Gasteiger partial charge in [0.15, 0.2) is 11.3 Å². The normalized spacial score (nSPS) is 11.4. The Balaban J connectivity index is 2.27. The van der Waals surface area contributed by atoms with Crippen LogP contribution in [-0.4, -0.2) is 17.1 Å². The molecule has 0 amide bonds. The van der Waals surface area contributed by atoms with Crippen molar-refractivity contribution in [3.63, 3.8) is 0 Å². The molecule has 0 fully saturated rings. The number of benzene rings is 1. The lowest BCUT2D eigenvalue weighted by Crippen LogP contribution is -2.05. The van der Waals surface area contributed by atoms with E-state index in [0.29, 0.717) is 28.4 Å². The molecule has 2 heterocycles. The Hall–Kier alpha value is -2.56. The average Bonchev–Trinajstić information content (AvgIpc) is 2.90. The maximum Gasteiger partial charge on any atom is 0.197 e. The lowest BCUT2D eigenvalue weighted by atomic mass is 10.1. The van der Waals surface area contributed by atoms with Gasteiger partial charge in [0.05, 0.1) is 18.3 Å². The van der Waals surface area contributed by atoms with E-state index in [1.807, 2.05) is 33.8 Å². The van der Waals surface area contributed by atoms with Gasteiger partial charge in [0.25, 0.3) is 0 Å². The number of methoxy groups -OCH3 is 1. The molecule has 0 aliphatic carbocycles. The predicted molar refractivity (Wildman–Crippen MR) is 90.2 cm³/mol. The summed E-state index contributed by atoms with van der Waals surface area (Å²) in [5.74, 6) is 2.30. The summed E-state index contributed by atoms with van der Waals surface area (Å²) in [6, 6.07) is 5.16. The lowest BCUT2D eigenvalue weighted by Gasteiger charge is -2.09. The highest BCUT2D eigenvalue weighted by molar-refractivity contribution is 5.85. The number of ether oxygens (including phenoxy) is 1. The molecule has 2 aromatic heterocycles. The van der Waals surface area contributed by atoms with E-state index in [9.17, 15) is 4.79 Å². The third-order valence-electron chi connectivity index (χ3n) is 4.00. The highest BCUT2D eigenvalue weighted by Crippen LogP contribution is 2.28. The zero-order valence-corrected chi connectivity index (χ0v) is 14.0. The molecule has 0 aliphatic heterocycles. The van der Waals surface area contributed by atoms with Crippen LogP contribution in [0.1, 0.15) is 37.0 Å². The Kier molecular flexibility index (Phi) is 3.72. The van der Waals surface area contributed by atoms with Crippen molar-refractivity contribution in [1.82, 2.24) is 9.97 Å². The van der Waals surface area contributed by atoms with E-state index in [4.69, 9.17) is 9.15 Å². The van der Waals surface area contributed by atoms with E-state index in [1.165, 1.54) is 0 Å². The number of nitrogens with zero attached hydrogens (tertiary/aromatic N) is 1. The van der Waals surface area contributed by atoms with Gasteiger partial charge in [0.2, 0.25) is 0 Å². The van der Waals surface area contributed by atoms with Crippen molar-refractivity contribution in [3.05, 3.63) is 45.6 Å². The number of hydrogen-bond acceptors (Lipinski definition) is 4. The van der Waals surface area contributed by atoms with Crippen LogP contribution < -0.4 is 10.2 Å².